The molecule has 0 aliphatic heterocycles. The van der Waals surface area contributed by atoms with Crippen LogP contribution in [0.25, 0.3) is 0 Å². The van der Waals surface area contributed by atoms with E-state index in [4.69, 9.17) is 11.5 Å². The van der Waals surface area contributed by atoms with Gasteiger partial charge in [-0.25, -0.2) is 0 Å². The van der Waals surface area contributed by atoms with Crippen molar-refractivity contribution in [2.24, 2.45) is 17.4 Å². The Hall–Kier alpha value is 0.137. The fraction of sp³-hybridized carbons (Fsp3) is 1.00. The van der Waals surface area contributed by atoms with Crippen LogP contribution in [0.2, 0.25) is 25.7 Å². The molecule has 0 saturated carbocycles. The van der Waals surface area contributed by atoms with Crippen molar-refractivity contribution in [3.05, 3.63) is 0 Å². The SMILES string of the molecule is CC(N)C(CN)C[Si](C)(C)C. The summed E-state index contributed by atoms with van der Waals surface area (Å²) in [6, 6.07) is 1.51. The van der Waals surface area contributed by atoms with Crippen LogP contribution >= 0.6 is 0 Å². The van der Waals surface area contributed by atoms with Crippen LogP contribution in [0.1, 0.15) is 6.92 Å². The lowest BCUT2D eigenvalue weighted by Crippen LogP contribution is -2.38. The average Bonchev–Trinajstić information content (AvgIpc) is 1.80. The topological polar surface area (TPSA) is 52.0 Å². The largest absolute Gasteiger partial charge is 0.330 e. The summed E-state index contributed by atoms with van der Waals surface area (Å²) < 4.78 is 0. The van der Waals surface area contributed by atoms with Gasteiger partial charge in [0.2, 0.25) is 0 Å². The summed E-state index contributed by atoms with van der Waals surface area (Å²) >= 11 is 0. The van der Waals surface area contributed by atoms with Crippen LogP contribution < -0.4 is 11.5 Å². The van der Waals surface area contributed by atoms with Gasteiger partial charge in [-0.05, 0) is 19.4 Å². The first kappa shape index (κ1) is 11.1. The quantitative estimate of drug-likeness (QED) is 0.630. The van der Waals surface area contributed by atoms with Gasteiger partial charge in [-0.1, -0.05) is 25.7 Å². The van der Waals surface area contributed by atoms with Crippen molar-refractivity contribution < 1.29 is 0 Å². The van der Waals surface area contributed by atoms with E-state index in [1.54, 1.807) is 0 Å². The van der Waals surface area contributed by atoms with E-state index in [2.05, 4.69) is 26.6 Å². The molecule has 0 aliphatic rings. The van der Waals surface area contributed by atoms with Gasteiger partial charge in [0.05, 0.1) is 0 Å². The Morgan fingerprint density at radius 3 is 1.82 bits per heavy atom. The average molecular weight is 174 g/mol. The predicted molar refractivity (Wildman–Crippen MR) is 54.3 cm³/mol. The minimum atomic E-state index is -0.964. The fourth-order valence-corrected chi connectivity index (χ4v) is 3.38. The van der Waals surface area contributed by atoms with Gasteiger partial charge in [0.25, 0.3) is 0 Å². The molecule has 2 unspecified atom stereocenters. The van der Waals surface area contributed by atoms with Crippen molar-refractivity contribution in [2.75, 3.05) is 6.54 Å². The van der Waals surface area contributed by atoms with Crippen LogP contribution in [0, 0.1) is 5.92 Å². The Morgan fingerprint density at radius 1 is 1.27 bits per heavy atom. The number of nitrogens with two attached hydrogens (primary N) is 2. The molecule has 0 aromatic heterocycles. The standard InChI is InChI=1S/C8H22N2Si/c1-7(10)8(5-9)6-11(2,3)4/h7-8H,5-6,9-10H2,1-4H3. The normalized spacial score (nSPS) is 18.0. The van der Waals surface area contributed by atoms with Gasteiger partial charge >= 0.3 is 0 Å². The summed E-state index contributed by atoms with van der Waals surface area (Å²) in [5, 5.41) is 0. The van der Waals surface area contributed by atoms with E-state index >= 15 is 0 Å². The fourth-order valence-electron chi connectivity index (χ4n) is 1.27. The van der Waals surface area contributed by atoms with Gasteiger partial charge in [0.1, 0.15) is 0 Å². The molecular formula is C8H22N2Si. The smallest absolute Gasteiger partial charge is 0.0446 e. The Balaban J connectivity index is 3.88. The maximum Gasteiger partial charge on any atom is 0.0446 e. The van der Waals surface area contributed by atoms with Crippen molar-refractivity contribution in [2.45, 2.75) is 38.7 Å². The van der Waals surface area contributed by atoms with Crippen LogP contribution in [-0.4, -0.2) is 20.7 Å². The molecule has 0 bridgehead atoms. The summed E-state index contributed by atoms with van der Waals surface area (Å²) in [5.41, 5.74) is 11.4. The first-order chi connectivity index (χ1) is 4.87. The summed E-state index contributed by atoms with van der Waals surface area (Å²) in [7, 11) is -0.964. The summed E-state index contributed by atoms with van der Waals surface area (Å²) in [6.07, 6.45) is 0. The van der Waals surface area contributed by atoms with Crippen LogP contribution in [0.5, 0.6) is 0 Å². The van der Waals surface area contributed by atoms with Gasteiger partial charge in [0.15, 0.2) is 0 Å². The highest BCUT2D eigenvalue weighted by molar-refractivity contribution is 6.76. The van der Waals surface area contributed by atoms with E-state index in [9.17, 15) is 0 Å². The van der Waals surface area contributed by atoms with Gasteiger partial charge in [0, 0.05) is 14.1 Å². The zero-order valence-corrected chi connectivity index (χ0v) is 9.22. The molecule has 0 aliphatic carbocycles. The van der Waals surface area contributed by atoms with E-state index in [-0.39, 0.29) is 6.04 Å². The van der Waals surface area contributed by atoms with Crippen LogP contribution in [0.3, 0.4) is 0 Å². The van der Waals surface area contributed by atoms with Crippen molar-refractivity contribution in [1.29, 1.82) is 0 Å². The minimum absolute atomic E-state index is 0.256. The molecule has 2 nitrogen and oxygen atoms in total. The molecule has 2 atom stereocenters. The molecule has 68 valence electrons. The number of hydrogen-bond acceptors (Lipinski definition) is 2. The van der Waals surface area contributed by atoms with E-state index < -0.39 is 8.07 Å². The molecule has 0 aromatic rings. The maximum atomic E-state index is 5.80. The Kier molecular flexibility index (Phi) is 4.29. The molecule has 3 heteroatoms. The number of hydrogen-bond donors (Lipinski definition) is 2. The van der Waals surface area contributed by atoms with E-state index in [0.29, 0.717) is 5.92 Å². The van der Waals surface area contributed by atoms with Gasteiger partial charge in [-0.3, -0.25) is 0 Å². The second kappa shape index (κ2) is 4.23. The highest BCUT2D eigenvalue weighted by Crippen LogP contribution is 2.17. The molecule has 0 rings (SSSR count). The highest BCUT2D eigenvalue weighted by atomic mass is 28.3. The summed E-state index contributed by atoms with van der Waals surface area (Å²) in [5.74, 6) is 0.529. The second-order valence-electron chi connectivity index (χ2n) is 4.62. The van der Waals surface area contributed by atoms with Crippen LogP contribution in [0.4, 0.5) is 0 Å². The molecular weight excluding hydrogens is 152 g/mol. The lowest BCUT2D eigenvalue weighted by molar-refractivity contribution is 0.489. The zero-order valence-electron chi connectivity index (χ0n) is 8.22. The van der Waals surface area contributed by atoms with Crippen LogP contribution in [-0.2, 0) is 0 Å². The molecule has 0 fully saturated rings. The lowest BCUT2D eigenvalue weighted by Gasteiger charge is -2.25. The first-order valence-electron chi connectivity index (χ1n) is 4.32. The lowest BCUT2D eigenvalue weighted by atomic mass is 10.1. The number of rotatable bonds is 4. The van der Waals surface area contributed by atoms with Crippen molar-refractivity contribution >= 4 is 8.07 Å². The van der Waals surface area contributed by atoms with Crippen LogP contribution in [0.15, 0.2) is 0 Å². The predicted octanol–water partition coefficient (Wildman–Crippen LogP) is 1.25. The molecule has 0 radical (unpaired) electrons. The minimum Gasteiger partial charge on any atom is -0.330 e. The van der Waals surface area contributed by atoms with E-state index in [0.717, 1.165) is 6.54 Å². The zero-order chi connectivity index (χ0) is 9.07. The van der Waals surface area contributed by atoms with Crippen molar-refractivity contribution in [3.63, 3.8) is 0 Å². The molecule has 4 N–H and O–H groups in total. The van der Waals surface area contributed by atoms with Crippen molar-refractivity contribution in [3.8, 4) is 0 Å². The molecule has 0 amide bonds. The van der Waals surface area contributed by atoms with Gasteiger partial charge < -0.3 is 11.5 Å². The molecule has 0 spiro atoms. The maximum absolute atomic E-state index is 5.80. The summed E-state index contributed by atoms with van der Waals surface area (Å²) in [4.78, 5) is 0. The Morgan fingerprint density at radius 2 is 1.73 bits per heavy atom. The molecule has 0 saturated heterocycles. The van der Waals surface area contributed by atoms with Gasteiger partial charge in [-0.15, -0.1) is 0 Å². The second-order valence-corrected chi connectivity index (χ2v) is 10.1. The van der Waals surface area contributed by atoms with Gasteiger partial charge in [-0.2, -0.15) is 0 Å². The monoisotopic (exact) mass is 174 g/mol. The first-order valence-corrected chi connectivity index (χ1v) is 8.03. The van der Waals surface area contributed by atoms with E-state index in [1.807, 2.05) is 0 Å². The Labute approximate surface area is 71.4 Å². The molecule has 0 aromatic carbocycles. The Bertz CT molecular complexity index is 107. The third kappa shape index (κ3) is 5.41. The highest BCUT2D eigenvalue weighted by Gasteiger charge is 2.21. The van der Waals surface area contributed by atoms with E-state index in [1.165, 1.54) is 6.04 Å². The molecule has 11 heavy (non-hydrogen) atoms. The molecule has 0 heterocycles. The van der Waals surface area contributed by atoms with Crippen molar-refractivity contribution in [1.82, 2.24) is 0 Å². The third-order valence-electron chi connectivity index (χ3n) is 1.92. The summed E-state index contributed by atoms with van der Waals surface area (Å²) in [6.45, 7) is 9.87. The third-order valence-corrected chi connectivity index (χ3v) is 3.67.